The van der Waals surface area contributed by atoms with Gasteiger partial charge < -0.3 is 14.6 Å². The molecule has 0 saturated heterocycles. The summed E-state index contributed by atoms with van der Waals surface area (Å²) in [5.74, 6) is -1.95. The first-order valence-electron chi connectivity index (χ1n) is 7.27. The van der Waals surface area contributed by atoms with Crippen molar-refractivity contribution >= 4 is 23.2 Å². The van der Waals surface area contributed by atoms with E-state index in [1.54, 1.807) is 23.0 Å². The van der Waals surface area contributed by atoms with E-state index in [-0.39, 0.29) is 17.0 Å². The molecule has 0 bridgehead atoms. The number of anilines is 1. The Bertz CT molecular complexity index is 927. The molecule has 1 N–H and O–H groups in total. The van der Waals surface area contributed by atoms with Crippen molar-refractivity contribution in [3.63, 3.8) is 0 Å². The lowest BCUT2D eigenvalue weighted by Crippen LogP contribution is -2.15. The lowest BCUT2D eigenvalue weighted by Gasteiger charge is -2.14. The predicted molar refractivity (Wildman–Crippen MR) is 91.6 cm³/mol. The summed E-state index contributed by atoms with van der Waals surface area (Å²) in [5, 5.41) is 2.70. The molecule has 25 heavy (non-hydrogen) atoms. The fourth-order valence-corrected chi connectivity index (χ4v) is 2.62. The van der Waals surface area contributed by atoms with E-state index in [9.17, 15) is 13.6 Å². The van der Waals surface area contributed by atoms with Gasteiger partial charge in [0.2, 0.25) is 0 Å². The Balaban J connectivity index is 1.96. The molecule has 0 aliphatic carbocycles. The summed E-state index contributed by atoms with van der Waals surface area (Å²) in [6.45, 7) is 0. The molecule has 1 amide bonds. The Kier molecular flexibility index (Phi) is 4.72. The summed E-state index contributed by atoms with van der Waals surface area (Å²) in [4.78, 5) is 12.5. The second kappa shape index (κ2) is 6.94. The lowest BCUT2D eigenvalue weighted by molar-refractivity contribution is 0.102. The van der Waals surface area contributed by atoms with Crippen LogP contribution >= 0.6 is 11.6 Å². The molecule has 1 aromatic heterocycles. The molecule has 0 fully saturated rings. The molecule has 0 aliphatic heterocycles. The van der Waals surface area contributed by atoms with Crippen LogP contribution in [0.15, 0.2) is 54.9 Å². The highest BCUT2D eigenvalue weighted by Gasteiger charge is 2.18. The number of carbonyl (C=O) groups is 1. The standard InChI is InChI=1S/C18H13ClF2N2O2/c1-25-17-10-16(23-6-2-3-7-23)13(19)9-12(17)18(24)22-15-5-4-11(20)8-14(15)21/h2-10H,1H3,(H,22,24). The first-order valence-corrected chi connectivity index (χ1v) is 7.64. The second-order valence-electron chi connectivity index (χ2n) is 5.17. The van der Waals surface area contributed by atoms with E-state index in [1.807, 2.05) is 12.1 Å². The number of ether oxygens (including phenoxy) is 1. The van der Waals surface area contributed by atoms with E-state index < -0.39 is 17.5 Å². The van der Waals surface area contributed by atoms with Gasteiger partial charge in [0, 0.05) is 24.5 Å². The molecule has 3 rings (SSSR count). The van der Waals surface area contributed by atoms with Gasteiger partial charge >= 0.3 is 0 Å². The van der Waals surface area contributed by atoms with Gasteiger partial charge in [0.1, 0.15) is 17.4 Å². The third-order valence-electron chi connectivity index (χ3n) is 3.58. The number of nitrogens with zero attached hydrogens (tertiary/aromatic N) is 1. The van der Waals surface area contributed by atoms with Crippen LogP contribution in [0.1, 0.15) is 10.4 Å². The molecule has 1 heterocycles. The van der Waals surface area contributed by atoms with E-state index in [4.69, 9.17) is 16.3 Å². The summed E-state index contributed by atoms with van der Waals surface area (Å²) in [6.07, 6.45) is 3.60. The highest BCUT2D eigenvalue weighted by molar-refractivity contribution is 6.33. The van der Waals surface area contributed by atoms with Crippen LogP contribution in [0.3, 0.4) is 0 Å². The minimum Gasteiger partial charge on any atom is -0.496 e. The highest BCUT2D eigenvalue weighted by Crippen LogP contribution is 2.30. The van der Waals surface area contributed by atoms with E-state index >= 15 is 0 Å². The maximum atomic E-state index is 13.7. The number of benzene rings is 2. The zero-order valence-electron chi connectivity index (χ0n) is 13.1. The average Bonchev–Trinajstić information content (AvgIpc) is 3.11. The number of hydrogen-bond acceptors (Lipinski definition) is 2. The Labute approximate surface area is 147 Å². The Morgan fingerprint density at radius 2 is 1.88 bits per heavy atom. The van der Waals surface area contributed by atoms with Crippen molar-refractivity contribution in [2.45, 2.75) is 0 Å². The molecule has 0 radical (unpaired) electrons. The van der Waals surface area contributed by atoms with Crippen LogP contribution in [-0.2, 0) is 0 Å². The van der Waals surface area contributed by atoms with E-state index in [2.05, 4.69) is 5.32 Å². The van der Waals surface area contributed by atoms with Crippen molar-refractivity contribution in [3.8, 4) is 11.4 Å². The first-order chi connectivity index (χ1) is 12.0. The van der Waals surface area contributed by atoms with Gasteiger partial charge in [0.15, 0.2) is 0 Å². The van der Waals surface area contributed by atoms with E-state index in [0.29, 0.717) is 16.8 Å². The molecular weight excluding hydrogens is 350 g/mol. The van der Waals surface area contributed by atoms with Crippen LogP contribution in [0.4, 0.5) is 14.5 Å². The molecule has 0 aliphatic rings. The van der Waals surface area contributed by atoms with Gasteiger partial charge in [-0.15, -0.1) is 0 Å². The molecule has 0 atom stereocenters. The lowest BCUT2D eigenvalue weighted by atomic mass is 10.1. The van der Waals surface area contributed by atoms with Crippen molar-refractivity contribution in [1.82, 2.24) is 4.57 Å². The van der Waals surface area contributed by atoms with Gasteiger partial charge in [0.05, 0.1) is 29.1 Å². The van der Waals surface area contributed by atoms with Crippen LogP contribution in [0, 0.1) is 11.6 Å². The monoisotopic (exact) mass is 362 g/mol. The van der Waals surface area contributed by atoms with Crippen LogP contribution in [0.5, 0.6) is 5.75 Å². The quantitative estimate of drug-likeness (QED) is 0.733. The number of methoxy groups -OCH3 is 1. The molecule has 4 nitrogen and oxygen atoms in total. The Morgan fingerprint density at radius 1 is 1.16 bits per heavy atom. The number of halogens is 3. The van der Waals surface area contributed by atoms with Crippen molar-refractivity contribution < 1.29 is 18.3 Å². The summed E-state index contributed by atoms with van der Waals surface area (Å²) < 4.78 is 33.7. The molecule has 0 spiro atoms. The maximum absolute atomic E-state index is 13.7. The van der Waals surface area contributed by atoms with Gasteiger partial charge in [-0.1, -0.05) is 11.6 Å². The Morgan fingerprint density at radius 3 is 2.52 bits per heavy atom. The molecular formula is C18H13ClF2N2O2. The fourth-order valence-electron chi connectivity index (χ4n) is 2.36. The summed E-state index contributed by atoms with van der Waals surface area (Å²) in [7, 11) is 1.41. The minimum atomic E-state index is -0.873. The number of nitrogens with one attached hydrogen (secondary N) is 1. The number of hydrogen-bond donors (Lipinski definition) is 1. The second-order valence-corrected chi connectivity index (χ2v) is 5.58. The zero-order valence-corrected chi connectivity index (χ0v) is 13.8. The molecule has 0 saturated carbocycles. The number of carbonyl (C=O) groups excluding carboxylic acids is 1. The fraction of sp³-hybridized carbons (Fsp3) is 0.0556. The average molecular weight is 363 g/mol. The van der Waals surface area contributed by atoms with Gasteiger partial charge in [-0.3, -0.25) is 4.79 Å². The van der Waals surface area contributed by atoms with Crippen LogP contribution in [0.2, 0.25) is 5.02 Å². The normalized spacial score (nSPS) is 10.6. The molecule has 0 unspecified atom stereocenters. The predicted octanol–water partition coefficient (Wildman–Crippen LogP) is 4.67. The number of amides is 1. The maximum Gasteiger partial charge on any atom is 0.259 e. The van der Waals surface area contributed by atoms with Crippen molar-refractivity contribution in [2.24, 2.45) is 0 Å². The summed E-state index contributed by atoms with van der Waals surface area (Å²) in [5.41, 5.74) is 0.624. The third-order valence-corrected chi connectivity index (χ3v) is 3.88. The molecule has 3 aromatic rings. The van der Waals surface area contributed by atoms with Crippen molar-refractivity contribution in [2.75, 3.05) is 12.4 Å². The van der Waals surface area contributed by atoms with Crippen LogP contribution in [-0.4, -0.2) is 17.6 Å². The van der Waals surface area contributed by atoms with Crippen molar-refractivity contribution in [3.05, 3.63) is 77.1 Å². The largest absolute Gasteiger partial charge is 0.496 e. The smallest absolute Gasteiger partial charge is 0.259 e. The van der Waals surface area contributed by atoms with E-state index in [1.165, 1.54) is 13.2 Å². The first kappa shape index (κ1) is 17.0. The SMILES string of the molecule is COc1cc(-n2cccc2)c(Cl)cc1C(=O)Nc1ccc(F)cc1F. The van der Waals surface area contributed by atoms with Crippen molar-refractivity contribution in [1.29, 1.82) is 0 Å². The highest BCUT2D eigenvalue weighted by atomic mass is 35.5. The molecule has 128 valence electrons. The molecule has 2 aromatic carbocycles. The summed E-state index contributed by atoms with van der Waals surface area (Å²) in [6, 6.07) is 9.60. The topological polar surface area (TPSA) is 43.3 Å². The van der Waals surface area contributed by atoms with Gasteiger partial charge in [-0.25, -0.2) is 8.78 Å². The van der Waals surface area contributed by atoms with Gasteiger partial charge in [-0.2, -0.15) is 0 Å². The van der Waals surface area contributed by atoms with Crippen LogP contribution < -0.4 is 10.1 Å². The third kappa shape index (κ3) is 3.49. The molecule has 7 heteroatoms. The zero-order chi connectivity index (χ0) is 18.0. The minimum absolute atomic E-state index is 0.132. The van der Waals surface area contributed by atoms with Gasteiger partial charge in [-0.05, 0) is 30.3 Å². The van der Waals surface area contributed by atoms with Crippen LogP contribution in [0.25, 0.3) is 5.69 Å². The van der Waals surface area contributed by atoms with Gasteiger partial charge in [0.25, 0.3) is 5.91 Å². The number of rotatable bonds is 4. The Hall–Kier alpha value is -2.86. The number of aromatic nitrogens is 1. The summed E-state index contributed by atoms with van der Waals surface area (Å²) >= 11 is 6.27. The van der Waals surface area contributed by atoms with E-state index in [0.717, 1.165) is 12.1 Å².